The summed E-state index contributed by atoms with van der Waals surface area (Å²) in [7, 11) is 0. The molecule has 0 fully saturated rings. The molecule has 12 heavy (non-hydrogen) atoms. The van der Waals surface area contributed by atoms with Crippen LogP contribution in [-0.4, -0.2) is 4.98 Å². The van der Waals surface area contributed by atoms with E-state index in [1.165, 1.54) is 0 Å². The van der Waals surface area contributed by atoms with Gasteiger partial charge >= 0.3 is 0 Å². The molecule has 0 unspecified atom stereocenters. The van der Waals surface area contributed by atoms with E-state index < -0.39 is 0 Å². The van der Waals surface area contributed by atoms with Crippen molar-refractivity contribution in [3.63, 3.8) is 0 Å². The first-order valence-electron chi connectivity index (χ1n) is 3.38. The molecule has 4 heteroatoms. The van der Waals surface area contributed by atoms with Crippen LogP contribution in [0.2, 0.25) is 5.15 Å². The molecule has 0 atom stereocenters. The quantitative estimate of drug-likeness (QED) is 0.664. The second kappa shape index (κ2) is 2.75. The van der Waals surface area contributed by atoms with Gasteiger partial charge in [-0.2, -0.15) is 0 Å². The average Bonchev–Trinajstić information content (AvgIpc) is 2.31. The summed E-state index contributed by atoms with van der Waals surface area (Å²) >= 11 is 9.13. The lowest BCUT2D eigenvalue weighted by Gasteiger charge is -1.94. The van der Waals surface area contributed by atoms with E-state index in [2.05, 4.69) is 20.9 Å². The largest absolute Gasteiger partial charge is 0.446 e. The summed E-state index contributed by atoms with van der Waals surface area (Å²) in [6, 6.07) is 1.76. The first-order valence-corrected chi connectivity index (χ1v) is 4.55. The highest BCUT2D eigenvalue weighted by Crippen LogP contribution is 2.29. The van der Waals surface area contributed by atoms with Crippen molar-refractivity contribution in [3.05, 3.63) is 27.5 Å². The first kappa shape index (κ1) is 8.08. The van der Waals surface area contributed by atoms with Crippen molar-refractivity contribution in [2.24, 2.45) is 0 Å². The number of aromatic nitrogens is 1. The van der Waals surface area contributed by atoms with Gasteiger partial charge in [-0.1, -0.05) is 11.6 Å². The minimum Gasteiger partial charge on any atom is -0.446 e. The molecule has 0 amide bonds. The Bertz CT molecular complexity index is 438. The molecule has 2 aromatic heterocycles. The van der Waals surface area contributed by atoms with E-state index in [4.69, 9.17) is 16.0 Å². The Kier molecular flexibility index (Phi) is 1.85. The molecule has 2 aromatic rings. The topological polar surface area (TPSA) is 26.0 Å². The molecule has 0 saturated heterocycles. The van der Waals surface area contributed by atoms with E-state index in [1.807, 2.05) is 6.92 Å². The van der Waals surface area contributed by atoms with Gasteiger partial charge in [0.15, 0.2) is 0 Å². The second-order valence-corrected chi connectivity index (χ2v) is 3.77. The maximum absolute atomic E-state index is 5.73. The Morgan fingerprint density at radius 3 is 3.08 bits per heavy atom. The number of halogens is 2. The minimum atomic E-state index is 0.434. The van der Waals surface area contributed by atoms with Gasteiger partial charge in [0.25, 0.3) is 0 Å². The van der Waals surface area contributed by atoms with Crippen LogP contribution in [0.3, 0.4) is 0 Å². The second-order valence-electron chi connectivity index (χ2n) is 2.53. The van der Waals surface area contributed by atoms with Gasteiger partial charge in [0, 0.05) is 4.47 Å². The summed E-state index contributed by atoms with van der Waals surface area (Å²) in [4.78, 5) is 4.03. The molecule has 0 aliphatic rings. The molecule has 0 spiro atoms. The summed E-state index contributed by atoms with van der Waals surface area (Å²) in [6.45, 7) is 1.96. The summed E-state index contributed by atoms with van der Waals surface area (Å²) in [5, 5.41) is 1.42. The SMILES string of the molecule is Cc1coc2nc(Cl)cc(Br)c12. The highest BCUT2D eigenvalue weighted by atomic mass is 79.9. The number of hydrogen-bond acceptors (Lipinski definition) is 2. The number of rotatable bonds is 0. The molecule has 0 N–H and O–H groups in total. The molecule has 2 rings (SSSR count). The van der Waals surface area contributed by atoms with Crippen LogP contribution in [0.25, 0.3) is 11.1 Å². The van der Waals surface area contributed by atoms with E-state index in [0.29, 0.717) is 10.9 Å². The average molecular weight is 246 g/mol. The van der Waals surface area contributed by atoms with Crippen molar-refractivity contribution in [3.8, 4) is 0 Å². The zero-order chi connectivity index (χ0) is 8.72. The lowest BCUT2D eigenvalue weighted by atomic mass is 10.2. The van der Waals surface area contributed by atoms with Crippen LogP contribution >= 0.6 is 27.5 Å². The number of pyridine rings is 1. The molecule has 0 bridgehead atoms. The summed E-state index contributed by atoms with van der Waals surface area (Å²) < 4.78 is 6.10. The molecule has 2 heterocycles. The highest BCUT2D eigenvalue weighted by Gasteiger charge is 2.08. The lowest BCUT2D eigenvalue weighted by Crippen LogP contribution is -1.77. The summed E-state index contributed by atoms with van der Waals surface area (Å²) in [6.07, 6.45) is 1.67. The smallest absolute Gasteiger partial charge is 0.228 e. The van der Waals surface area contributed by atoms with Gasteiger partial charge in [-0.15, -0.1) is 0 Å². The molecule has 62 valence electrons. The lowest BCUT2D eigenvalue weighted by molar-refractivity contribution is 0.600. The van der Waals surface area contributed by atoms with Crippen molar-refractivity contribution < 1.29 is 4.42 Å². The molecular formula is C8H5BrClNO. The van der Waals surface area contributed by atoms with Gasteiger partial charge in [-0.25, -0.2) is 4.98 Å². The van der Waals surface area contributed by atoms with Crippen LogP contribution in [-0.2, 0) is 0 Å². The molecule has 2 nitrogen and oxygen atoms in total. The Hall–Kier alpha value is -0.540. The van der Waals surface area contributed by atoms with Gasteiger partial charge in [0.1, 0.15) is 5.15 Å². The first-order chi connectivity index (χ1) is 5.68. The van der Waals surface area contributed by atoms with E-state index in [-0.39, 0.29) is 0 Å². The third-order valence-corrected chi connectivity index (χ3v) is 2.47. The van der Waals surface area contributed by atoms with Crippen LogP contribution in [0.4, 0.5) is 0 Å². The number of nitrogens with zero attached hydrogens (tertiary/aromatic N) is 1. The van der Waals surface area contributed by atoms with Gasteiger partial charge in [0.2, 0.25) is 5.71 Å². The van der Waals surface area contributed by atoms with Crippen molar-refractivity contribution in [1.82, 2.24) is 4.98 Å². The van der Waals surface area contributed by atoms with E-state index in [9.17, 15) is 0 Å². The molecule has 0 aliphatic carbocycles. The number of furan rings is 1. The zero-order valence-corrected chi connectivity index (χ0v) is 8.61. The zero-order valence-electron chi connectivity index (χ0n) is 6.27. The third kappa shape index (κ3) is 1.13. The van der Waals surface area contributed by atoms with Crippen LogP contribution in [0.1, 0.15) is 5.56 Å². The summed E-state index contributed by atoms with van der Waals surface area (Å²) in [5.41, 5.74) is 1.63. The van der Waals surface area contributed by atoms with Gasteiger partial charge < -0.3 is 4.42 Å². The Labute approximate surface area is 82.7 Å². The molecule has 0 saturated carbocycles. The number of fused-ring (bicyclic) bond motifs is 1. The molecule has 0 aliphatic heterocycles. The Balaban J connectivity index is 2.93. The van der Waals surface area contributed by atoms with Crippen molar-refractivity contribution in [2.75, 3.05) is 0 Å². The van der Waals surface area contributed by atoms with Crippen LogP contribution < -0.4 is 0 Å². The number of aryl methyl sites for hydroxylation is 1. The molecule has 0 aromatic carbocycles. The standard InChI is InChI=1S/C8H5BrClNO/c1-4-3-12-8-7(4)5(9)2-6(10)11-8/h2-3H,1H3. The van der Waals surface area contributed by atoms with E-state index >= 15 is 0 Å². The fourth-order valence-electron chi connectivity index (χ4n) is 1.11. The van der Waals surface area contributed by atoms with Crippen LogP contribution in [0.5, 0.6) is 0 Å². The molecular weight excluding hydrogens is 241 g/mol. The maximum atomic E-state index is 5.73. The normalized spacial score (nSPS) is 10.9. The third-order valence-electron chi connectivity index (χ3n) is 1.65. The van der Waals surface area contributed by atoms with E-state index in [0.717, 1.165) is 15.4 Å². The number of hydrogen-bond donors (Lipinski definition) is 0. The van der Waals surface area contributed by atoms with Crippen molar-refractivity contribution in [2.45, 2.75) is 6.92 Å². The maximum Gasteiger partial charge on any atom is 0.228 e. The van der Waals surface area contributed by atoms with Crippen LogP contribution in [0.15, 0.2) is 21.2 Å². The summed E-state index contributed by atoms with van der Waals surface area (Å²) in [5.74, 6) is 0. The van der Waals surface area contributed by atoms with E-state index in [1.54, 1.807) is 12.3 Å². The fourth-order valence-corrected chi connectivity index (χ4v) is 2.13. The van der Waals surface area contributed by atoms with Gasteiger partial charge in [-0.05, 0) is 34.5 Å². The minimum absolute atomic E-state index is 0.434. The van der Waals surface area contributed by atoms with Crippen molar-refractivity contribution in [1.29, 1.82) is 0 Å². The predicted molar refractivity (Wildman–Crippen MR) is 51.5 cm³/mol. The highest BCUT2D eigenvalue weighted by molar-refractivity contribution is 9.10. The monoisotopic (exact) mass is 245 g/mol. The Morgan fingerprint density at radius 1 is 1.58 bits per heavy atom. The van der Waals surface area contributed by atoms with Crippen LogP contribution in [0, 0.1) is 6.92 Å². The fraction of sp³-hybridized carbons (Fsp3) is 0.125. The Morgan fingerprint density at radius 2 is 2.33 bits per heavy atom. The molecule has 0 radical (unpaired) electrons. The van der Waals surface area contributed by atoms with Crippen molar-refractivity contribution >= 4 is 38.6 Å². The van der Waals surface area contributed by atoms with Gasteiger partial charge in [0.05, 0.1) is 11.6 Å². The van der Waals surface area contributed by atoms with Gasteiger partial charge in [-0.3, -0.25) is 0 Å². The predicted octanol–water partition coefficient (Wildman–Crippen LogP) is 3.55.